The first-order valence-corrected chi connectivity index (χ1v) is 6.48. The Bertz CT molecular complexity index is 298. The maximum absolute atomic E-state index is 11.9. The van der Waals surface area contributed by atoms with Gasteiger partial charge in [-0.15, -0.1) is 0 Å². The van der Waals surface area contributed by atoms with Gasteiger partial charge in [-0.25, -0.2) is 4.79 Å². The third-order valence-corrected chi connectivity index (χ3v) is 3.29. The highest BCUT2D eigenvalue weighted by atomic mass is 16.2. The number of hydrogen-bond donors (Lipinski definition) is 3. The molecule has 1 saturated carbocycles. The van der Waals surface area contributed by atoms with E-state index in [2.05, 4.69) is 10.6 Å². The van der Waals surface area contributed by atoms with Gasteiger partial charge in [-0.2, -0.15) is 0 Å². The lowest BCUT2D eigenvalue weighted by molar-refractivity contribution is -0.127. The summed E-state index contributed by atoms with van der Waals surface area (Å²) in [7, 11) is 3.34. The number of nitrogens with one attached hydrogen (secondary N) is 2. The maximum Gasteiger partial charge on any atom is 0.316 e. The third kappa shape index (κ3) is 4.18. The predicted molar refractivity (Wildman–Crippen MR) is 70.1 cm³/mol. The smallest absolute Gasteiger partial charge is 0.316 e. The third-order valence-electron chi connectivity index (χ3n) is 3.29. The molecule has 104 valence electrons. The van der Waals surface area contributed by atoms with Crippen LogP contribution in [0.3, 0.4) is 0 Å². The molecule has 0 saturated heterocycles. The standard InChI is InChI=1S/C12H24N4O2/c1-16(2)11(18)15-9-8-14-10(17)12(13)6-4-3-5-7-12/h3-9,13H2,1-2H3,(H,14,17)(H,15,18). The van der Waals surface area contributed by atoms with Crippen molar-refractivity contribution in [2.75, 3.05) is 27.2 Å². The van der Waals surface area contributed by atoms with E-state index in [4.69, 9.17) is 5.73 Å². The SMILES string of the molecule is CN(C)C(=O)NCCNC(=O)C1(N)CCCCC1. The van der Waals surface area contributed by atoms with Crippen LogP contribution in [0.25, 0.3) is 0 Å². The summed E-state index contributed by atoms with van der Waals surface area (Å²) in [5, 5.41) is 5.47. The summed E-state index contributed by atoms with van der Waals surface area (Å²) in [5.74, 6) is -0.0960. The van der Waals surface area contributed by atoms with E-state index >= 15 is 0 Å². The summed E-state index contributed by atoms with van der Waals surface area (Å²) < 4.78 is 0. The van der Waals surface area contributed by atoms with Crippen molar-refractivity contribution >= 4 is 11.9 Å². The van der Waals surface area contributed by atoms with Crippen molar-refractivity contribution in [1.29, 1.82) is 0 Å². The largest absolute Gasteiger partial charge is 0.353 e. The minimum atomic E-state index is -0.705. The average Bonchev–Trinajstić information content (AvgIpc) is 2.34. The fourth-order valence-corrected chi connectivity index (χ4v) is 2.09. The minimum Gasteiger partial charge on any atom is -0.353 e. The van der Waals surface area contributed by atoms with Gasteiger partial charge in [-0.05, 0) is 12.8 Å². The number of nitrogens with zero attached hydrogens (tertiary/aromatic N) is 1. The number of hydrogen-bond acceptors (Lipinski definition) is 3. The van der Waals surface area contributed by atoms with E-state index in [1.54, 1.807) is 14.1 Å². The van der Waals surface area contributed by atoms with E-state index < -0.39 is 5.54 Å². The number of urea groups is 1. The van der Waals surface area contributed by atoms with Crippen LogP contribution in [0.15, 0.2) is 0 Å². The van der Waals surface area contributed by atoms with Crippen LogP contribution in [0.2, 0.25) is 0 Å². The van der Waals surface area contributed by atoms with E-state index in [1.165, 1.54) is 4.90 Å². The first-order chi connectivity index (χ1) is 8.46. The summed E-state index contributed by atoms with van der Waals surface area (Å²) in [4.78, 5) is 24.6. The van der Waals surface area contributed by atoms with Crippen LogP contribution in [0.5, 0.6) is 0 Å². The van der Waals surface area contributed by atoms with Crippen LogP contribution in [-0.2, 0) is 4.79 Å². The molecule has 3 amide bonds. The molecule has 1 aliphatic rings. The lowest BCUT2D eigenvalue weighted by atomic mass is 9.82. The molecule has 0 aliphatic heterocycles. The molecular weight excluding hydrogens is 232 g/mol. The lowest BCUT2D eigenvalue weighted by Gasteiger charge is -2.31. The van der Waals surface area contributed by atoms with Crippen molar-refractivity contribution in [2.24, 2.45) is 5.73 Å². The molecule has 4 N–H and O–H groups in total. The summed E-state index contributed by atoms with van der Waals surface area (Å²) in [5.41, 5.74) is 5.38. The molecule has 0 unspecified atom stereocenters. The predicted octanol–water partition coefficient (Wildman–Crippen LogP) is 0.0354. The monoisotopic (exact) mass is 256 g/mol. The van der Waals surface area contributed by atoms with Crippen LogP contribution < -0.4 is 16.4 Å². The molecule has 0 bridgehead atoms. The molecule has 1 aliphatic carbocycles. The molecule has 0 aromatic rings. The minimum absolute atomic E-state index is 0.0960. The first-order valence-electron chi connectivity index (χ1n) is 6.48. The number of nitrogens with two attached hydrogens (primary N) is 1. The highest BCUT2D eigenvalue weighted by molar-refractivity contribution is 5.86. The van der Waals surface area contributed by atoms with Crippen LogP contribution in [0.1, 0.15) is 32.1 Å². The zero-order valence-corrected chi connectivity index (χ0v) is 11.3. The van der Waals surface area contributed by atoms with Crippen molar-refractivity contribution in [2.45, 2.75) is 37.6 Å². The summed E-state index contributed by atoms with van der Waals surface area (Å²) in [6.07, 6.45) is 4.69. The maximum atomic E-state index is 11.9. The van der Waals surface area contributed by atoms with Gasteiger partial charge >= 0.3 is 6.03 Å². The molecule has 1 rings (SSSR count). The van der Waals surface area contributed by atoms with Gasteiger partial charge in [0.1, 0.15) is 0 Å². The molecular formula is C12H24N4O2. The van der Waals surface area contributed by atoms with Gasteiger partial charge in [0.2, 0.25) is 5.91 Å². The number of amides is 3. The molecule has 0 aromatic heterocycles. The van der Waals surface area contributed by atoms with Gasteiger partial charge in [0, 0.05) is 27.2 Å². The number of carbonyl (C=O) groups excluding carboxylic acids is 2. The highest BCUT2D eigenvalue weighted by Crippen LogP contribution is 2.25. The topological polar surface area (TPSA) is 87.5 Å². The Morgan fingerprint density at radius 3 is 2.22 bits per heavy atom. The van der Waals surface area contributed by atoms with E-state index in [1.807, 2.05) is 0 Å². The molecule has 18 heavy (non-hydrogen) atoms. The van der Waals surface area contributed by atoms with E-state index in [-0.39, 0.29) is 11.9 Å². The van der Waals surface area contributed by atoms with Crippen molar-refractivity contribution in [3.63, 3.8) is 0 Å². The normalized spacial score (nSPS) is 17.9. The molecule has 1 fully saturated rings. The second-order valence-corrected chi connectivity index (χ2v) is 5.10. The zero-order chi connectivity index (χ0) is 13.6. The van der Waals surface area contributed by atoms with Gasteiger partial charge in [0.05, 0.1) is 5.54 Å². The lowest BCUT2D eigenvalue weighted by Crippen LogP contribution is -2.56. The number of carbonyl (C=O) groups is 2. The van der Waals surface area contributed by atoms with E-state index in [0.717, 1.165) is 32.1 Å². The Hall–Kier alpha value is -1.30. The molecule has 6 heteroatoms. The Morgan fingerprint density at radius 2 is 1.67 bits per heavy atom. The van der Waals surface area contributed by atoms with Crippen LogP contribution in [0.4, 0.5) is 4.79 Å². The second-order valence-electron chi connectivity index (χ2n) is 5.10. The molecule has 0 spiro atoms. The first kappa shape index (κ1) is 14.8. The van der Waals surface area contributed by atoms with Gasteiger partial charge in [0.25, 0.3) is 0 Å². The zero-order valence-electron chi connectivity index (χ0n) is 11.3. The van der Waals surface area contributed by atoms with E-state index in [9.17, 15) is 9.59 Å². The molecule has 0 heterocycles. The molecule has 0 aromatic carbocycles. The molecule has 6 nitrogen and oxygen atoms in total. The Balaban J connectivity index is 2.22. The van der Waals surface area contributed by atoms with Crippen LogP contribution in [0, 0.1) is 0 Å². The van der Waals surface area contributed by atoms with Gasteiger partial charge < -0.3 is 21.3 Å². The fraction of sp³-hybridized carbons (Fsp3) is 0.833. The van der Waals surface area contributed by atoms with Gasteiger partial charge in [-0.3, -0.25) is 4.79 Å². The van der Waals surface area contributed by atoms with Crippen LogP contribution in [-0.4, -0.2) is 49.6 Å². The molecule has 0 radical (unpaired) electrons. The summed E-state index contributed by atoms with van der Waals surface area (Å²) in [6, 6.07) is -0.163. The fourth-order valence-electron chi connectivity index (χ4n) is 2.09. The van der Waals surface area contributed by atoms with Crippen molar-refractivity contribution in [3.8, 4) is 0 Å². The molecule has 0 atom stereocenters. The highest BCUT2D eigenvalue weighted by Gasteiger charge is 2.34. The second kappa shape index (κ2) is 6.58. The van der Waals surface area contributed by atoms with Crippen LogP contribution >= 0.6 is 0 Å². The summed E-state index contributed by atoms with van der Waals surface area (Å²) >= 11 is 0. The Labute approximate surface area is 108 Å². The number of rotatable bonds is 4. The Morgan fingerprint density at radius 1 is 1.11 bits per heavy atom. The van der Waals surface area contributed by atoms with Gasteiger partial charge in [0.15, 0.2) is 0 Å². The average molecular weight is 256 g/mol. The van der Waals surface area contributed by atoms with Crippen molar-refractivity contribution in [3.05, 3.63) is 0 Å². The van der Waals surface area contributed by atoms with Crippen molar-refractivity contribution in [1.82, 2.24) is 15.5 Å². The van der Waals surface area contributed by atoms with Gasteiger partial charge in [-0.1, -0.05) is 19.3 Å². The van der Waals surface area contributed by atoms with E-state index in [0.29, 0.717) is 13.1 Å². The Kier molecular flexibility index (Phi) is 5.40. The summed E-state index contributed by atoms with van der Waals surface area (Å²) in [6.45, 7) is 0.830. The quantitative estimate of drug-likeness (QED) is 0.620. The van der Waals surface area contributed by atoms with Crippen molar-refractivity contribution < 1.29 is 9.59 Å².